The number of nitrogens with zero attached hydrogens (tertiary/aromatic N) is 1. The number of halogens is 1. The maximum atomic E-state index is 12.0. The van der Waals surface area contributed by atoms with Gasteiger partial charge in [0.15, 0.2) is 5.75 Å². The van der Waals surface area contributed by atoms with Crippen molar-refractivity contribution in [2.75, 3.05) is 18.8 Å². The Kier molecular flexibility index (Phi) is 2.73. The molecule has 0 bridgehead atoms. The molecule has 0 unspecified atom stereocenters. The topological polar surface area (TPSA) is 83.6 Å². The smallest absolute Gasteiger partial charge is 0.248 e. The van der Waals surface area contributed by atoms with Crippen LogP contribution in [0.4, 0.5) is 5.69 Å². The van der Waals surface area contributed by atoms with Crippen LogP contribution >= 0.6 is 11.6 Å². The Labute approximate surface area is 98.5 Å². The van der Waals surface area contributed by atoms with Crippen LogP contribution in [-0.4, -0.2) is 30.9 Å². The van der Waals surface area contributed by atoms with Gasteiger partial charge in [-0.05, 0) is 18.6 Å². The number of nitrogen functional groups attached to an aromatic ring is 1. The molecule has 0 aromatic heterocycles. The van der Waals surface area contributed by atoms with E-state index in [-0.39, 0.29) is 15.6 Å². The Morgan fingerprint density at radius 2 is 2.00 bits per heavy atom. The van der Waals surface area contributed by atoms with Crippen LogP contribution in [0.2, 0.25) is 5.02 Å². The van der Waals surface area contributed by atoms with Crippen LogP contribution in [-0.2, 0) is 10.0 Å². The van der Waals surface area contributed by atoms with Gasteiger partial charge in [-0.15, -0.1) is 0 Å². The highest BCUT2D eigenvalue weighted by Crippen LogP contribution is 2.37. The van der Waals surface area contributed by atoms with Gasteiger partial charge < -0.3 is 10.8 Å². The van der Waals surface area contributed by atoms with Gasteiger partial charge in [0, 0.05) is 13.1 Å². The molecule has 7 heteroatoms. The second-order valence-electron chi connectivity index (χ2n) is 3.57. The van der Waals surface area contributed by atoms with Gasteiger partial charge in [0.2, 0.25) is 10.0 Å². The Bertz CT molecular complexity index is 526. The van der Waals surface area contributed by atoms with E-state index in [9.17, 15) is 13.5 Å². The minimum Gasteiger partial charge on any atom is -0.504 e. The van der Waals surface area contributed by atoms with Crippen molar-refractivity contribution in [2.24, 2.45) is 0 Å². The van der Waals surface area contributed by atoms with Crippen molar-refractivity contribution in [2.45, 2.75) is 11.3 Å². The van der Waals surface area contributed by atoms with Crippen molar-refractivity contribution in [3.05, 3.63) is 17.2 Å². The minimum atomic E-state index is -3.71. The zero-order valence-corrected chi connectivity index (χ0v) is 9.92. The van der Waals surface area contributed by atoms with E-state index in [1.165, 1.54) is 16.4 Å². The van der Waals surface area contributed by atoms with E-state index in [4.69, 9.17) is 17.3 Å². The summed E-state index contributed by atoms with van der Waals surface area (Å²) in [6.45, 7) is 0.903. The highest BCUT2D eigenvalue weighted by molar-refractivity contribution is 7.89. The number of hydrogen-bond donors (Lipinski definition) is 2. The molecule has 16 heavy (non-hydrogen) atoms. The Hall–Kier alpha value is -0.980. The Morgan fingerprint density at radius 3 is 2.50 bits per heavy atom. The van der Waals surface area contributed by atoms with Crippen LogP contribution in [0.15, 0.2) is 17.0 Å². The third kappa shape index (κ3) is 1.63. The standard InChI is InChI=1S/C9H11ClN2O3S/c10-6-2-3-7(11)8(13)9(6)16(14,15)12-4-1-5-12/h2-3,13H,1,4-5,11H2. The van der Waals surface area contributed by atoms with Gasteiger partial charge in [-0.3, -0.25) is 0 Å². The predicted molar refractivity (Wildman–Crippen MR) is 60.9 cm³/mol. The fraction of sp³-hybridized carbons (Fsp3) is 0.333. The Balaban J connectivity index is 2.59. The molecule has 1 saturated heterocycles. The van der Waals surface area contributed by atoms with Crippen LogP contribution < -0.4 is 5.73 Å². The highest BCUT2D eigenvalue weighted by Gasteiger charge is 2.33. The zero-order valence-electron chi connectivity index (χ0n) is 8.35. The van der Waals surface area contributed by atoms with Crippen LogP contribution in [0.5, 0.6) is 5.75 Å². The number of phenolic OH excluding ortho intramolecular Hbond substituents is 1. The van der Waals surface area contributed by atoms with E-state index in [2.05, 4.69) is 0 Å². The summed E-state index contributed by atoms with van der Waals surface area (Å²) in [6.07, 6.45) is 0.819. The molecule has 88 valence electrons. The van der Waals surface area contributed by atoms with Crippen molar-refractivity contribution < 1.29 is 13.5 Å². The fourth-order valence-electron chi connectivity index (χ4n) is 1.46. The van der Waals surface area contributed by atoms with Crippen LogP contribution in [0.1, 0.15) is 6.42 Å². The number of benzene rings is 1. The summed E-state index contributed by atoms with van der Waals surface area (Å²) in [5, 5.41) is 9.65. The van der Waals surface area contributed by atoms with Gasteiger partial charge in [-0.25, -0.2) is 8.42 Å². The first kappa shape index (κ1) is 11.5. The number of hydrogen-bond acceptors (Lipinski definition) is 4. The first-order chi connectivity index (χ1) is 7.44. The van der Waals surface area contributed by atoms with E-state index in [0.717, 1.165) is 6.42 Å². The van der Waals surface area contributed by atoms with Crippen LogP contribution in [0.25, 0.3) is 0 Å². The first-order valence-corrected chi connectivity index (χ1v) is 6.53. The summed E-state index contributed by atoms with van der Waals surface area (Å²) in [5.41, 5.74) is 5.46. The monoisotopic (exact) mass is 262 g/mol. The third-order valence-corrected chi connectivity index (χ3v) is 4.93. The van der Waals surface area contributed by atoms with E-state index in [0.29, 0.717) is 13.1 Å². The van der Waals surface area contributed by atoms with Gasteiger partial charge >= 0.3 is 0 Å². The number of sulfonamides is 1. The summed E-state index contributed by atoms with van der Waals surface area (Å²) in [5.74, 6) is -0.473. The summed E-state index contributed by atoms with van der Waals surface area (Å²) < 4.78 is 25.3. The molecule has 0 atom stereocenters. The molecule has 3 N–H and O–H groups in total. The fourth-order valence-corrected chi connectivity index (χ4v) is 3.58. The summed E-state index contributed by atoms with van der Waals surface area (Å²) in [4.78, 5) is -0.297. The number of phenols is 1. The lowest BCUT2D eigenvalue weighted by molar-refractivity contribution is 0.308. The molecule has 1 heterocycles. The molecule has 0 amide bonds. The molecule has 2 rings (SSSR count). The average Bonchev–Trinajstić information content (AvgIpc) is 2.07. The van der Waals surface area contributed by atoms with Crippen molar-refractivity contribution in [1.29, 1.82) is 0 Å². The lowest BCUT2D eigenvalue weighted by Crippen LogP contribution is -2.42. The molecule has 1 aromatic carbocycles. The van der Waals surface area contributed by atoms with E-state index in [1.807, 2.05) is 0 Å². The van der Waals surface area contributed by atoms with Crippen molar-refractivity contribution in [1.82, 2.24) is 4.31 Å². The van der Waals surface area contributed by atoms with Crippen molar-refractivity contribution in [3.8, 4) is 5.75 Å². The van der Waals surface area contributed by atoms with E-state index < -0.39 is 15.8 Å². The molecular weight excluding hydrogens is 252 g/mol. The zero-order chi connectivity index (χ0) is 11.9. The molecule has 1 aliphatic heterocycles. The minimum absolute atomic E-state index is 0.00324. The molecule has 1 fully saturated rings. The van der Waals surface area contributed by atoms with Gasteiger partial charge in [0.05, 0.1) is 10.7 Å². The molecule has 0 saturated carbocycles. The molecule has 1 aromatic rings. The quantitative estimate of drug-likeness (QED) is 0.616. The van der Waals surface area contributed by atoms with Crippen LogP contribution in [0, 0.1) is 0 Å². The maximum Gasteiger partial charge on any atom is 0.248 e. The predicted octanol–water partition coefficient (Wildman–Crippen LogP) is 1.02. The lowest BCUT2D eigenvalue weighted by Gasteiger charge is -2.30. The highest BCUT2D eigenvalue weighted by atomic mass is 35.5. The molecular formula is C9H11ClN2O3S. The largest absolute Gasteiger partial charge is 0.504 e. The maximum absolute atomic E-state index is 12.0. The van der Waals surface area contributed by atoms with E-state index in [1.54, 1.807) is 0 Å². The van der Waals surface area contributed by atoms with Gasteiger partial charge in [-0.1, -0.05) is 11.6 Å². The van der Waals surface area contributed by atoms with Crippen LogP contribution in [0.3, 0.4) is 0 Å². The summed E-state index contributed by atoms with van der Waals surface area (Å²) in [6, 6.07) is 2.73. The molecule has 0 spiro atoms. The first-order valence-electron chi connectivity index (χ1n) is 4.71. The summed E-state index contributed by atoms with van der Waals surface area (Å²) >= 11 is 5.79. The Morgan fingerprint density at radius 1 is 1.38 bits per heavy atom. The SMILES string of the molecule is Nc1ccc(Cl)c(S(=O)(=O)N2CCC2)c1O. The number of anilines is 1. The molecule has 0 radical (unpaired) electrons. The van der Waals surface area contributed by atoms with Gasteiger partial charge in [0.1, 0.15) is 4.90 Å². The summed E-state index contributed by atoms with van der Waals surface area (Å²) in [7, 11) is -3.71. The van der Waals surface area contributed by atoms with Gasteiger partial charge in [-0.2, -0.15) is 4.31 Å². The van der Waals surface area contributed by atoms with E-state index >= 15 is 0 Å². The average molecular weight is 263 g/mol. The number of aromatic hydroxyl groups is 1. The second kappa shape index (κ2) is 3.80. The second-order valence-corrected chi connectivity index (χ2v) is 5.85. The third-order valence-electron chi connectivity index (χ3n) is 2.53. The van der Waals surface area contributed by atoms with Crippen molar-refractivity contribution >= 4 is 27.3 Å². The lowest BCUT2D eigenvalue weighted by atomic mass is 10.3. The molecule has 1 aliphatic rings. The van der Waals surface area contributed by atoms with Gasteiger partial charge in [0.25, 0.3) is 0 Å². The molecule has 5 nitrogen and oxygen atoms in total. The number of rotatable bonds is 2. The number of nitrogens with two attached hydrogens (primary N) is 1. The normalized spacial score (nSPS) is 17.1. The molecule has 0 aliphatic carbocycles. The van der Waals surface area contributed by atoms with Crippen molar-refractivity contribution in [3.63, 3.8) is 0 Å².